The van der Waals surface area contributed by atoms with E-state index in [9.17, 15) is 21.2 Å². The number of methoxy groups -OCH3 is 1. The third kappa shape index (κ3) is 4.69. The molecule has 0 unspecified atom stereocenters. The quantitative estimate of drug-likeness (QED) is 0.728. The van der Waals surface area contributed by atoms with Crippen molar-refractivity contribution >= 4 is 25.7 Å². The van der Waals surface area contributed by atoms with Gasteiger partial charge in [-0.3, -0.25) is 4.72 Å². The number of ether oxygens (including phenoxy) is 1. The predicted molar refractivity (Wildman–Crippen MR) is 106 cm³/mol. The van der Waals surface area contributed by atoms with Gasteiger partial charge in [0.25, 0.3) is 10.0 Å². The summed E-state index contributed by atoms with van der Waals surface area (Å²) in [5.41, 5.74) is 0.165. The Labute approximate surface area is 170 Å². The lowest BCUT2D eigenvalue weighted by Gasteiger charge is -2.31. The van der Waals surface area contributed by atoms with E-state index in [0.29, 0.717) is 26.2 Å². The molecule has 1 N–H and O–H groups in total. The largest absolute Gasteiger partial charge is 0.494 e. The van der Waals surface area contributed by atoms with Crippen LogP contribution in [-0.4, -0.2) is 66.4 Å². The van der Waals surface area contributed by atoms with Crippen LogP contribution in [0.25, 0.3) is 0 Å². The number of likely N-dealkylation sites (N-methyl/N-ethyl adjacent to an activating group) is 1. The normalized spacial score (nSPS) is 16.5. The van der Waals surface area contributed by atoms with Gasteiger partial charge in [-0.1, -0.05) is 0 Å². The van der Waals surface area contributed by atoms with E-state index < -0.39 is 25.9 Å². The fourth-order valence-corrected chi connectivity index (χ4v) is 5.39. The zero-order valence-electron chi connectivity index (χ0n) is 16.0. The Kier molecular flexibility index (Phi) is 6.13. The summed E-state index contributed by atoms with van der Waals surface area (Å²) in [5, 5.41) is 0. The number of hydrogen-bond acceptors (Lipinski definition) is 6. The van der Waals surface area contributed by atoms with Gasteiger partial charge in [-0.05, 0) is 49.5 Å². The van der Waals surface area contributed by atoms with Gasteiger partial charge in [0, 0.05) is 31.9 Å². The van der Waals surface area contributed by atoms with E-state index >= 15 is 0 Å². The molecule has 3 rings (SSSR count). The number of hydrogen-bond donors (Lipinski definition) is 1. The van der Waals surface area contributed by atoms with E-state index in [-0.39, 0.29) is 21.2 Å². The Bertz CT molecular complexity index is 1080. The Morgan fingerprint density at radius 1 is 0.931 bits per heavy atom. The summed E-state index contributed by atoms with van der Waals surface area (Å²) in [4.78, 5) is 1.86. The van der Waals surface area contributed by atoms with Crippen LogP contribution in [0.4, 0.5) is 10.1 Å². The average Bonchev–Trinajstić information content (AvgIpc) is 2.68. The maximum Gasteiger partial charge on any atom is 0.262 e. The van der Waals surface area contributed by atoms with Gasteiger partial charge in [0.05, 0.1) is 16.9 Å². The van der Waals surface area contributed by atoms with Gasteiger partial charge in [-0.25, -0.2) is 21.2 Å². The molecule has 0 spiro atoms. The lowest BCUT2D eigenvalue weighted by molar-refractivity contribution is 0.222. The summed E-state index contributed by atoms with van der Waals surface area (Å²) in [6.45, 7) is 2.09. The first-order valence-electron chi connectivity index (χ1n) is 8.78. The van der Waals surface area contributed by atoms with Gasteiger partial charge < -0.3 is 9.64 Å². The SMILES string of the molecule is COc1ccc(S(=O)(=O)Nc2ccc(S(=O)(=O)N3CCN(C)CC3)cc2)cc1F. The Hall–Kier alpha value is -2.21. The summed E-state index contributed by atoms with van der Waals surface area (Å²) in [5.74, 6) is -0.869. The van der Waals surface area contributed by atoms with Gasteiger partial charge in [0.15, 0.2) is 11.6 Å². The second-order valence-corrected chi connectivity index (χ2v) is 10.3. The topological polar surface area (TPSA) is 96.0 Å². The molecule has 1 saturated heterocycles. The zero-order valence-corrected chi connectivity index (χ0v) is 17.6. The minimum atomic E-state index is -4.05. The van der Waals surface area contributed by atoms with Gasteiger partial charge in [0.1, 0.15) is 0 Å². The summed E-state index contributed by atoms with van der Waals surface area (Å²) >= 11 is 0. The summed E-state index contributed by atoms with van der Waals surface area (Å²) in [6.07, 6.45) is 0. The molecule has 158 valence electrons. The molecule has 0 atom stereocenters. The van der Waals surface area contributed by atoms with E-state index in [1.165, 1.54) is 47.8 Å². The monoisotopic (exact) mass is 443 g/mol. The van der Waals surface area contributed by atoms with Crippen molar-refractivity contribution < 1.29 is 26.0 Å². The van der Waals surface area contributed by atoms with Crippen LogP contribution in [-0.2, 0) is 20.0 Å². The second kappa shape index (κ2) is 8.27. The van der Waals surface area contributed by atoms with Crippen LogP contribution in [0.3, 0.4) is 0 Å². The molecule has 1 fully saturated rings. The molecular weight excluding hydrogens is 421 g/mol. The molecule has 0 radical (unpaired) electrons. The molecule has 1 aliphatic heterocycles. The first-order chi connectivity index (χ1) is 13.6. The summed E-state index contributed by atoms with van der Waals surface area (Å²) in [7, 11) is -4.48. The molecule has 0 amide bonds. The molecule has 0 aromatic heterocycles. The molecule has 1 heterocycles. The fraction of sp³-hybridized carbons (Fsp3) is 0.333. The molecule has 11 heteroatoms. The molecule has 2 aromatic rings. The number of rotatable bonds is 6. The lowest BCUT2D eigenvalue weighted by atomic mass is 10.3. The van der Waals surface area contributed by atoms with Crippen molar-refractivity contribution in [1.29, 1.82) is 0 Å². The van der Waals surface area contributed by atoms with Crippen LogP contribution in [0.1, 0.15) is 0 Å². The number of benzene rings is 2. The van der Waals surface area contributed by atoms with Crippen molar-refractivity contribution in [2.45, 2.75) is 9.79 Å². The first kappa shape index (κ1) is 21.5. The van der Waals surface area contributed by atoms with Crippen LogP contribution in [0, 0.1) is 5.82 Å². The minimum Gasteiger partial charge on any atom is -0.494 e. The van der Waals surface area contributed by atoms with Crippen LogP contribution in [0.15, 0.2) is 52.3 Å². The van der Waals surface area contributed by atoms with Crippen molar-refractivity contribution in [2.75, 3.05) is 45.1 Å². The highest BCUT2D eigenvalue weighted by atomic mass is 32.2. The molecular formula is C18H22FN3O5S2. The van der Waals surface area contributed by atoms with Crippen molar-refractivity contribution in [1.82, 2.24) is 9.21 Å². The van der Waals surface area contributed by atoms with Crippen LogP contribution < -0.4 is 9.46 Å². The smallest absolute Gasteiger partial charge is 0.262 e. The number of nitrogens with one attached hydrogen (secondary N) is 1. The van der Waals surface area contributed by atoms with E-state index in [2.05, 4.69) is 4.72 Å². The number of anilines is 1. The number of halogens is 1. The molecule has 0 bridgehead atoms. The maximum absolute atomic E-state index is 13.8. The predicted octanol–water partition coefficient (Wildman–Crippen LogP) is 1.57. The average molecular weight is 444 g/mol. The molecule has 8 nitrogen and oxygen atoms in total. The first-order valence-corrected chi connectivity index (χ1v) is 11.7. The Balaban J connectivity index is 1.77. The maximum atomic E-state index is 13.8. The lowest BCUT2D eigenvalue weighted by Crippen LogP contribution is -2.46. The summed E-state index contributed by atoms with van der Waals surface area (Å²) < 4.78 is 72.7. The van der Waals surface area contributed by atoms with E-state index in [0.717, 1.165) is 6.07 Å². The standard InChI is InChI=1S/C18H22FN3O5S2/c1-21-9-11-22(12-10-21)29(25,26)15-5-3-14(4-6-15)20-28(23,24)16-7-8-18(27-2)17(19)13-16/h3-8,13,20H,9-12H2,1-2H3. The van der Waals surface area contributed by atoms with E-state index in [4.69, 9.17) is 4.74 Å². The third-order valence-corrected chi connectivity index (χ3v) is 7.93. The van der Waals surface area contributed by atoms with E-state index in [1.54, 1.807) is 0 Å². The third-order valence-electron chi connectivity index (χ3n) is 4.64. The highest BCUT2D eigenvalue weighted by Gasteiger charge is 2.27. The fourth-order valence-electron chi connectivity index (χ4n) is 2.90. The van der Waals surface area contributed by atoms with Crippen LogP contribution in [0.5, 0.6) is 5.75 Å². The Morgan fingerprint density at radius 3 is 2.07 bits per heavy atom. The van der Waals surface area contributed by atoms with Crippen molar-refractivity contribution in [3.05, 3.63) is 48.3 Å². The van der Waals surface area contributed by atoms with Gasteiger partial charge >= 0.3 is 0 Å². The molecule has 1 aliphatic rings. The molecule has 2 aromatic carbocycles. The van der Waals surface area contributed by atoms with Gasteiger partial charge in [-0.2, -0.15) is 4.31 Å². The van der Waals surface area contributed by atoms with Crippen molar-refractivity contribution in [3.8, 4) is 5.75 Å². The minimum absolute atomic E-state index is 0.0672. The van der Waals surface area contributed by atoms with Crippen LogP contribution in [0.2, 0.25) is 0 Å². The molecule has 29 heavy (non-hydrogen) atoms. The Morgan fingerprint density at radius 2 is 1.52 bits per heavy atom. The number of piperazine rings is 1. The number of sulfonamides is 2. The zero-order chi connectivity index (χ0) is 21.2. The number of nitrogens with zero attached hydrogens (tertiary/aromatic N) is 2. The second-order valence-electron chi connectivity index (χ2n) is 6.63. The van der Waals surface area contributed by atoms with Crippen LogP contribution >= 0.6 is 0 Å². The molecule has 0 saturated carbocycles. The summed E-state index contributed by atoms with van der Waals surface area (Å²) in [6, 6.07) is 8.71. The van der Waals surface area contributed by atoms with Gasteiger partial charge in [0.2, 0.25) is 10.0 Å². The van der Waals surface area contributed by atoms with Crippen molar-refractivity contribution in [2.24, 2.45) is 0 Å². The van der Waals surface area contributed by atoms with E-state index in [1.807, 2.05) is 11.9 Å². The molecule has 0 aliphatic carbocycles. The highest BCUT2D eigenvalue weighted by molar-refractivity contribution is 7.92. The highest BCUT2D eigenvalue weighted by Crippen LogP contribution is 2.24. The van der Waals surface area contributed by atoms with Gasteiger partial charge in [-0.15, -0.1) is 0 Å². The van der Waals surface area contributed by atoms with Crippen molar-refractivity contribution in [3.63, 3.8) is 0 Å².